The monoisotopic (exact) mass is 273 g/mol. The lowest BCUT2D eigenvalue weighted by Gasteiger charge is -2.20. The van der Waals surface area contributed by atoms with Gasteiger partial charge in [0.25, 0.3) is 0 Å². The van der Waals surface area contributed by atoms with Crippen molar-refractivity contribution in [3.8, 4) is 0 Å². The highest BCUT2D eigenvalue weighted by atomic mass is 32.2. The van der Waals surface area contributed by atoms with Gasteiger partial charge in [-0.3, -0.25) is 9.10 Å². The standard InChI is InChI=1S/C10H11NO6S/c1-18(16,17)11(6-9(12)13)8-4-2-3-7(5-8)10(14)15/h2-5H,6H2,1H3,(H,12,13)(H,14,15). The number of carboxylic acids is 2. The van der Waals surface area contributed by atoms with Gasteiger partial charge in [-0.25, -0.2) is 13.2 Å². The molecule has 0 heterocycles. The van der Waals surface area contributed by atoms with Crippen LogP contribution in [0.2, 0.25) is 0 Å². The SMILES string of the molecule is CS(=O)(=O)N(CC(=O)O)c1cccc(C(=O)O)c1. The Morgan fingerprint density at radius 1 is 1.28 bits per heavy atom. The average Bonchev–Trinajstić information content (AvgIpc) is 2.24. The van der Waals surface area contributed by atoms with E-state index >= 15 is 0 Å². The Morgan fingerprint density at radius 2 is 1.89 bits per heavy atom. The molecular weight excluding hydrogens is 262 g/mol. The van der Waals surface area contributed by atoms with Crippen molar-refractivity contribution in [1.29, 1.82) is 0 Å². The van der Waals surface area contributed by atoms with Gasteiger partial charge in [0.2, 0.25) is 10.0 Å². The Kier molecular flexibility index (Phi) is 3.92. The molecule has 0 spiro atoms. The molecule has 0 saturated carbocycles. The highest BCUT2D eigenvalue weighted by Gasteiger charge is 2.21. The summed E-state index contributed by atoms with van der Waals surface area (Å²) >= 11 is 0. The van der Waals surface area contributed by atoms with Crippen LogP contribution in [0.3, 0.4) is 0 Å². The Hall–Kier alpha value is -2.09. The summed E-state index contributed by atoms with van der Waals surface area (Å²) in [5.74, 6) is -2.55. The van der Waals surface area contributed by atoms with Crippen molar-refractivity contribution >= 4 is 27.6 Å². The van der Waals surface area contributed by atoms with Crippen LogP contribution >= 0.6 is 0 Å². The quantitative estimate of drug-likeness (QED) is 0.794. The van der Waals surface area contributed by atoms with Crippen molar-refractivity contribution < 1.29 is 28.2 Å². The smallest absolute Gasteiger partial charge is 0.335 e. The normalized spacial score (nSPS) is 10.9. The lowest BCUT2D eigenvalue weighted by Crippen LogP contribution is -2.34. The van der Waals surface area contributed by atoms with Gasteiger partial charge in [0.15, 0.2) is 0 Å². The molecule has 1 rings (SSSR count). The second-order valence-electron chi connectivity index (χ2n) is 3.52. The van der Waals surface area contributed by atoms with Gasteiger partial charge in [-0.2, -0.15) is 0 Å². The molecule has 18 heavy (non-hydrogen) atoms. The van der Waals surface area contributed by atoms with Gasteiger partial charge in [0.05, 0.1) is 17.5 Å². The van der Waals surface area contributed by atoms with Gasteiger partial charge in [0, 0.05) is 0 Å². The Labute approximate surface area is 103 Å². The number of hydrogen-bond acceptors (Lipinski definition) is 4. The second-order valence-corrected chi connectivity index (χ2v) is 5.43. The maximum atomic E-state index is 11.5. The van der Waals surface area contributed by atoms with Crippen LogP contribution in [0.25, 0.3) is 0 Å². The van der Waals surface area contributed by atoms with E-state index in [4.69, 9.17) is 10.2 Å². The number of rotatable bonds is 5. The molecule has 0 fully saturated rings. The van der Waals surface area contributed by atoms with Crippen LogP contribution in [0.15, 0.2) is 24.3 Å². The van der Waals surface area contributed by atoms with E-state index in [0.29, 0.717) is 4.31 Å². The molecule has 0 atom stereocenters. The fraction of sp³-hybridized carbons (Fsp3) is 0.200. The van der Waals surface area contributed by atoms with Crippen LogP contribution in [0, 0.1) is 0 Å². The number of aliphatic carboxylic acids is 1. The first-order chi connectivity index (χ1) is 8.21. The molecule has 0 aliphatic rings. The van der Waals surface area contributed by atoms with Crippen LogP contribution in [0.5, 0.6) is 0 Å². The summed E-state index contributed by atoms with van der Waals surface area (Å²) in [4.78, 5) is 21.4. The maximum Gasteiger partial charge on any atom is 0.335 e. The number of benzene rings is 1. The molecule has 7 nitrogen and oxygen atoms in total. The summed E-state index contributed by atoms with van der Waals surface area (Å²) in [6, 6.07) is 5.06. The third-order valence-corrected chi connectivity index (χ3v) is 3.20. The molecule has 0 saturated heterocycles. The van der Waals surface area contributed by atoms with E-state index in [1.165, 1.54) is 18.2 Å². The van der Waals surface area contributed by atoms with Gasteiger partial charge >= 0.3 is 11.9 Å². The van der Waals surface area contributed by atoms with Crippen molar-refractivity contribution in [3.63, 3.8) is 0 Å². The molecule has 8 heteroatoms. The number of anilines is 1. The molecule has 0 aromatic heterocycles. The van der Waals surface area contributed by atoms with Crippen molar-refractivity contribution in [3.05, 3.63) is 29.8 Å². The second kappa shape index (κ2) is 5.05. The summed E-state index contributed by atoms with van der Waals surface area (Å²) in [6.45, 7) is -0.762. The number of aromatic carboxylic acids is 1. The fourth-order valence-electron chi connectivity index (χ4n) is 1.32. The topological polar surface area (TPSA) is 112 Å². The third kappa shape index (κ3) is 3.45. The summed E-state index contributed by atoms with van der Waals surface area (Å²) in [5, 5.41) is 17.5. The molecule has 0 bridgehead atoms. The Morgan fingerprint density at radius 3 is 2.33 bits per heavy atom. The predicted molar refractivity (Wildman–Crippen MR) is 63.2 cm³/mol. The van der Waals surface area contributed by atoms with Gasteiger partial charge in [-0.05, 0) is 18.2 Å². The van der Waals surface area contributed by atoms with E-state index in [-0.39, 0.29) is 11.3 Å². The highest BCUT2D eigenvalue weighted by Crippen LogP contribution is 2.18. The van der Waals surface area contributed by atoms with E-state index in [0.717, 1.165) is 12.3 Å². The zero-order chi connectivity index (χ0) is 13.9. The first-order valence-electron chi connectivity index (χ1n) is 4.74. The zero-order valence-electron chi connectivity index (χ0n) is 9.40. The maximum absolute atomic E-state index is 11.5. The zero-order valence-corrected chi connectivity index (χ0v) is 10.2. The van der Waals surface area contributed by atoms with Crippen molar-refractivity contribution in [2.24, 2.45) is 0 Å². The minimum absolute atomic E-state index is 0.000185. The van der Waals surface area contributed by atoms with Gasteiger partial charge in [-0.15, -0.1) is 0 Å². The summed E-state index contributed by atoms with van der Waals surface area (Å²) in [5.41, 5.74) is -0.119. The van der Waals surface area contributed by atoms with Crippen molar-refractivity contribution in [2.45, 2.75) is 0 Å². The number of carbonyl (C=O) groups is 2. The van der Waals surface area contributed by atoms with Crippen molar-refractivity contribution in [2.75, 3.05) is 17.1 Å². The molecule has 1 aromatic carbocycles. The summed E-state index contributed by atoms with van der Waals surface area (Å²) < 4.78 is 23.6. The lowest BCUT2D eigenvalue weighted by atomic mass is 10.2. The molecular formula is C10H11NO6S. The number of hydrogen-bond donors (Lipinski definition) is 2. The summed E-state index contributed by atoms with van der Waals surface area (Å²) in [7, 11) is -3.80. The van der Waals surface area contributed by atoms with Gasteiger partial charge < -0.3 is 10.2 Å². The van der Waals surface area contributed by atoms with Crippen LogP contribution < -0.4 is 4.31 Å². The van der Waals surface area contributed by atoms with Crippen LogP contribution in [0.4, 0.5) is 5.69 Å². The average molecular weight is 273 g/mol. The van der Waals surface area contributed by atoms with Gasteiger partial charge in [-0.1, -0.05) is 6.07 Å². The van der Waals surface area contributed by atoms with Crippen LogP contribution in [0.1, 0.15) is 10.4 Å². The Bertz CT molecular complexity index is 580. The van der Waals surface area contributed by atoms with E-state index < -0.39 is 28.5 Å². The molecule has 0 amide bonds. The van der Waals surface area contributed by atoms with Crippen molar-refractivity contribution in [1.82, 2.24) is 0 Å². The predicted octanol–water partition coefficient (Wildman–Crippen LogP) is 0.235. The third-order valence-electron chi connectivity index (χ3n) is 2.06. The first-order valence-corrected chi connectivity index (χ1v) is 6.59. The molecule has 0 radical (unpaired) electrons. The largest absolute Gasteiger partial charge is 0.480 e. The van der Waals surface area contributed by atoms with Gasteiger partial charge in [0.1, 0.15) is 6.54 Å². The molecule has 1 aromatic rings. The molecule has 2 N–H and O–H groups in total. The lowest BCUT2D eigenvalue weighted by molar-refractivity contribution is -0.135. The molecule has 0 aliphatic heterocycles. The first kappa shape index (κ1) is 14.0. The summed E-state index contributed by atoms with van der Waals surface area (Å²) in [6.07, 6.45) is 0.851. The number of sulfonamides is 1. The van der Waals surface area contributed by atoms with E-state index in [9.17, 15) is 18.0 Å². The number of carboxylic acid groups (broad SMARTS) is 2. The molecule has 98 valence electrons. The minimum Gasteiger partial charge on any atom is -0.480 e. The highest BCUT2D eigenvalue weighted by molar-refractivity contribution is 7.92. The Balaban J connectivity index is 3.25. The molecule has 0 unspecified atom stereocenters. The van der Waals surface area contributed by atoms with E-state index in [2.05, 4.69) is 0 Å². The molecule has 0 aliphatic carbocycles. The van der Waals surface area contributed by atoms with E-state index in [1.54, 1.807) is 0 Å². The fourth-order valence-corrected chi connectivity index (χ4v) is 2.16. The minimum atomic E-state index is -3.80. The van der Waals surface area contributed by atoms with Crippen LogP contribution in [-0.4, -0.2) is 43.4 Å². The number of nitrogens with zero attached hydrogens (tertiary/aromatic N) is 1. The van der Waals surface area contributed by atoms with E-state index in [1.807, 2.05) is 0 Å². The van der Waals surface area contributed by atoms with Crippen LogP contribution in [-0.2, 0) is 14.8 Å².